The molecule has 4 nitrogen and oxygen atoms in total. The predicted molar refractivity (Wildman–Crippen MR) is 85.5 cm³/mol. The molecule has 0 amide bonds. The monoisotopic (exact) mass is 295 g/mol. The Morgan fingerprint density at radius 3 is 2.80 bits per heavy atom. The maximum Gasteiger partial charge on any atom is 0.160 e. The second-order valence-electron chi connectivity index (χ2n) is 6.11. The molecular weight excluding hydrogens is 270 g/mol. The maximum atomic E-state index is 5.82. The largest absolute Gasteiger partial charge is 0.370 e. The molecule has 1 aromatic rings. The van der Waals surface area contributed by atoms with Crippen LogP contribution in [0, 0.1) is 0 Å². The summed E-state index contributed by atoms with van der Waals surface area (Å²) in [5.74, 6) is 3.75. The highest BCUT2D eigenvalue weighted by molar-refractivity contribution is 7.99. The average molecular weight is 295 g/mol. The molecule has 0 spiro atoms. The van der Waals surface area contributed by atoms with Crippen molar-refractivity contribution >= 4 is 17.6 Å². The topological polar surface area (TPSA) is 47.0 Å². The highest BCUT2D eigenvalue weighted by atomic mass is 32.2. The number of hydrogen-bond acceptors (Lipinski definition) is 5. The Kier molecular flexibility index (Phi) is 5.27. The molecule has 0 saturated carbocycles. The molecule has 2 heterocycles. The van der Waals surface area contributed by atoms with E-state index in [2.05, 4.69) is 44.1 Å². The van der Waals surface area contributed by atoms with E-state index in [4.69, 9.17) is 9.72 Å². The van der Waals surface area contributed by atoms with E-state index in [9.17, 15) is 0 Å². The lowest BCUT2D eigenvalue weighted by Gasteiger charge is -2.24. The summed E-state index contributed by atoms with van der Waals surface area (Å²) in [5, 5.41) is 3.37. The zero-order valence-electron chi connectivity index (χ0n) is 12.9. The summed E-state index contributed by atoms with van der Waals surface area (Å²) in [6, 6.07) is 2.06. The zero-order chi connectivity index (χ0) is 14.6. The van der Waals surface area contributed by atoms with Gasteiger partial charge in [-0.05, 0) is 6.42 Å². The van der Waals surface area contributed by atoms with E-state index in [0.717, 1.165) is 48.4 Å². The van der Waals surface area contributed by atoms with Crippen molar-refractivity contribution in [3.05, 3.63) is 17.6 Å². The van der Waals surface area contributed by atoms with Crippen LogP contribution in [-0.2, 0) is 10.2 Å². The second kappa shape index (κ2) is 6.76. The summed E-state index contributed by atoms with van der Waals surface area (Å²) < 4.78 is 5.82. The molecule has 0 aromatic carbocycles. The minimum atomic E-state index is 0.0160. The predicted octanol–water partition coefficient (Wildman–Crippen LogP) is 3.40. The van der Waals surface area contributed by atoms with Crippen LogP contribution in [0.2, 0.25) is 0 Å². The van der Waals surface area contributed by atoms with Gasteiger partial charge in [0.1, 0.15) is 11.9 Å². The lowest BCUT2D eigenvalue weighted by molar-refractivity contribution is 0.0692. The van der Waals surface area contributed by atoms with Gasteiger partial charge in [-0.2, -0.15) is 11.8 Å². The summed E-state index contributed by atoms with van der Waals surface area (Å²) in [7, 11) is 0. The van der Waals surface area contributed by atoms with Gasteiger partial charge in [0.2, 0.25) is 0 Å². The summed E-state index contributed by atoms with van der Waals surface area (Å²) in [6.07, 6.45) is 1.11. The molecular formula is C15H25N3OS. The van der Waals surface area contributed by atoms with Crippen molar-refractivity contribution in [3.63, 3.8) is 0 Å². The molecule has 20 heavy (non-hydrogen) atoms. The third kappa shape index (κ3) is 4.09. The first kappa shape index (κ1) is 15.6. The first-order chi connectivity index (χ1) is 9.50. The molecule has 1 atom stereocenters. The molecule has 1 N–H and O–H groups in total. The fraction of sp³-hybridized carbons (Fsp3) is 0.733. The number of nitrogens with zero attached hydrogens (tertiary/aromatic N) is 2. The van der Waals surface area contributed by atoms with Crippen molar-refractivity contribution in [3.8, 4) is 0 Å². The van der Waals surface area contributed by atoms with Gasteiger partial charge >= 0.3 is 0 Å². The quantitative estimate of drug-likeness (QED) is 0.922. The molecule has 1 aromatic heterocycles. The number of thioether (sulfide) groups is 1. The van der Waals surface area contributed by atoms with E-state index in [0.29, 0.717) is 0 Å². The molecule has 0 radical (unpaired) electrons. The highest BCUT2D eigenvalue weighted by Crippen LogP contribution is 2.28. The summed E-state index contributed by atoms with van der Waals surface area (Å²) >= 11 is 1.91. The fourth-order valence-corrected chi connectivity index (χ4v) is 2.81. The smallest absolute Gasteiger partial charge is 0.160 e. The number of ether oxygens (including phenoxy) is 1. The Labute approximate surface area is 126 Å². The van der Waals surface area contributed by atoms with Crippen molar-refractivity contribution in [2.24, 2.45) is 0 Å². The minimum Gasteiger partial charge on any atom is -0.370 e. The average Bonchev–Trinajstić information content (AvgIpc) is 2.45. The van der Waals surface area contributed by atoms with Crippen molar-refractivity contribution in [1.82, 2.24) is 9.97 Å². The molecule has 1 aliphatic rings. The van der Waals surface area contributed by atoms with Crippen LogP contribution in [0.25, 0.3) is 0 Å². The Bertz CT molecular complexity index is 439. The molecule has 1 unspecified atom stereocenters. The molecule has 0 aliphatic carbocycles. The van der Waals surface area contributed by atoms with Gasteiger partial charge in [-0.15, -0.1) is 0 Å². The third-order valence-corrected chi connectivity index (χ3v) is 4.17. The first-order valence-corrected chi connectivity index (χ1v) is 8.49. The number of hydrogen-bond donors (Lipinski definition) is 1. The molecule has 1 saturated heterocycles. The van der Waals surface area contributed by atoms with E-state index in [1.54, 1.807) is 0 Å². The number of nitrogens with one attached hydrogen (secondary N) is 1. The van der Waals surface area contributed by atoms with Gasteiger partial charge in [0, 0.05) is 29.5 Å². The van der Waals surface area contributed by atoms with E-state index in [1.807, 2.05) is 11.8 Å². The van der Waals surface area contributed by atoms with Gasteiger partial charge in [0.15, 0.2) is 5.82 Å². The highest BCUT2D eigenvalue weighted by Gasteiger charge is 2.24. The van der Waals surface area contributed by atoms with Crippen molar-refractivity contribution in [2.75, 3.05) is 30.0 Å². The normalized spacial score (nSPS) is 19.9. The maximum absolute atomic E-state index is 5.82. The Morgan fingerprint density at radius 2 is 2.20 bits per heavy atom. The standard InChI is InChI=1S/C15H25N3OS/c1-5-6-16-13-9-12(15(2,3)4)17-14(18-13)11-10-20-8-7-19-11/h9,11H,5-8,10H2,1-4H3,(H,16,17,18). The van der Waals surface area contributed by atoms with Crippen molar-refractivity contribution < 1.29 is 4.74 Å². The molecule has 1 fully saturated rings. The van der Waals surface area contributed by atoms with E-state index in [1.165, 1.54) is 0 Å². The van der Waals surface area contributed by atoms with Crippen LogP contribution in [-0.4, -0.2) is 34.6 Å². The third-order valence-electron chi connectivity index (χ3n) is 3.17. The summed E-state index contributed by atoms with van der Waals surface area (Å²) in [6.45, 7) is 10.4. The Hall–Kier alpha value is -0.810. The molecule has 5 heteroatoms. The van der Waals surface area contributed by atoms with Crippen LogP contribution in [0.3, 0.4) is 0 Å². The molecule has 2 rings (SSSR count). The molecule has 0 bridgehead atoms. The SMILES string of the molecule is CCCNc1cc(C(C)(C)C)nc(C2CSCCO2)n1. The van der Waals surface area contributed by atoms with Gasteiger partial charge in [-0.3, -0.25) is 0 Å². The lowest BCUT2D eigenvalue weighted by atomic mass is 9.92. The zero-order valence-corrected chi connectivity index (χ0v) is 13.7. The Morgan fingerprint density at radius 1 is 1.40 bits per heavy atom. The number of aromatic nitrogens is 2. The molecule has 112 valence electrons. The van der Waals surface area contributed by atoms with Crippen LogP contribution < -0.4 is 5.32 Å². The van der Waals surface area contributed by atoms with Crippen LogP contribution >= 0.6 is 11.8 Å². The van der Waals surface area contributed by atoms with Crippen molar-refractivity contribution in [1.29, 1.82) is 0 Å². The lowest BCUT2D eigenvalue weighted by Crippen LogP contribution is -2.22. The van der Waals surface area contributed by atoms with Gasteiger partial charge < -0.3 is 10.1 Å². The summed E-state index contributed by atoms with van der Waals surface area (Å²) in [5.41, 5.74) is 1.09. The van der Waals surface area contributed by atoms with Gasteiger partial charge in [-0.25, -0.2) is 9.97 Å². The summed E-state index contributed by atoms with van der Waals surface area (Å²) in [4.78, 5) is 9.39. The van der Waals surface area contributed by atoms with Gasteiger partial charge in [0.25, 0.3) is 0 Å². The van der Waals surface area contributed by atoms with Gasteiger partial charge in [0.05, 0.1) is 12.3 Å². The number of anilines is 1. The minimum absolute atomic E-state index is 0.0160. The van der Waals surface area contributed by atoms with E-state index < -0.39 is 0 Å². The molecule has 1 aliphatic heterocycles. The van der Waals surface area contributed by atoms with Gasteiger partial charge in [-0.1, -0.05) is 27.7 Å². The van der Waals surface area contributed by atoms with E-state index in [-0.39, 0.29) is 11.5 Å². The fourth-order valence-electron chi connectivity index (χ4n) is 1.97. The Balaban J connectivity index is 2.29. The first-order valence-electron chi connectivity index (χ1n) is 7.33. The van der Waals surface area contributed by atoms with Crippen LogP contribution in [0.5, 0.6) is 0 Å². The van der Waals surface area contributed by atoms with Crippen molar-refractivity contribution in [2.45, 2.75) is 45.6 Å². The second-order valence-corrected chi connectivity index (χ2v) is 7.26. The van der Waals surface area contributed by atoms with Crippen LogP contribution in [0.1, 0.15) is 51.7 Å². The number of rotatable bonds is 4. The van der Waals surface area contributed by atoms with Crippen LogP contribution in [0.15, 0.2) is 6.07 Å². The van der Waals surface area contributed by atoms with Crippen LogP contribution in [0.4, 0.5) is 5.82 Å². The van der Waals surface area contributed by atoms with E-state index >= 15 is 0 Å².